The number of hydrogen-bond acceptors (Lipinski definition) is 10. The molecule has 4 rings (SSSR count). The van der Waals surface area contributed by atoms with Crippen LogP contribution < -0.4 is 20.9 Å². The van der Waals surface area contributed by atoms with E-state index < -0.39 is 61.4 Å². The number of para-hydroxylation sites is 1. The maximum Gasteiger partial charge on any atom is 0.459 e. The Balaban J connectivity index is 1.55. The summed E-state index contributed by atoms with van der Waals surface area (Å²) in [6, 6.07) is 7.33. The van der Waals surface area contributed by atoms with Gasteiger partial charge < -0.3 is 24.2 Å². The molecule has 0 bridgehead atoms. The second-order valence-electron chi connectivity index (χ2n) is 9.87. The Labute approximate surface area is 234 Å². The molecular weight excluding hydrogens is 564 g/mol. The molecule has 3 unspecified atom stereocenters. The summed E-state index contributed by atoms with van der Waals surface area (Å²) in [6.45, 7) is 0.0195. The number of halogens is 1. The van der Waals surface area contributed by atoms with E-state index in [1.54, 1.807) is 18.2 Å². The lowest BCUT2D eigenvalue weighted by Gasteiger charge is -2.29. The van der Waals surface area contributed by atoms with Crippen molar-refractivity contribution in [2.75, 3.05) is 6.61 Å². The molecule has 1 saturated heterocycles. The number of hydrogen-bond donors (Lipinski definition) is 4. The number of alkyl halides is 1. The summed E-state index contributed by atoms with van der Waals surface area (Å²) in [5.74, 6) is -2.22. The molecule has 1 aromatic heterocycles. The zero-order valence-electron chi connectivity index (χ0n) is 22.1. The van der Waals surface area contributed by atoms with Crippen LogP contribution in [0.4, 0.5) is 4.39 Å². The number of ether oxygens (including phenoxy) is 2. The van der Waals surface area contributed by atoms with Crippen molar-refractivity contribution in [1.29, 1.82) is 0 Å². The Bertz CT molecular complexity index is 1440. The maximum atomic E-state index is 16.1. The summed E-state index contributed by atoms with van der Waals surface area (Å²) in [5.41, 5.74) is -4.72. The molecule has 0 spiro atoms. The number of rotatable bonds is 10. The summed E-state index contributed by atoms with van der Waals surface area (Å²) in [5, 5.41) is 24.0. The number of esters is 1. The molecule has 0 radical (unpaired) electrons. The van der Waals surface area contributed by atoms with Crippen molar-refractivity contribution < 1.29 is 42.5 Å². The lowest BCUT2D eigenvalue weighted by atomic mass is 9.94. The van der Waals surface area contributed by atoms with E-state index >= 15 is 4.39 Å². The Hall–Kier alpha value is -3.31. The highest BCUT2D eigenvalue weighted by Gasteiger charge is 2.65. The first-order valence-corrected chi connectivity index (χ1v) is 14.5. The van der Waals surface area contributed by atoms with Gasteiger partial charge in [-0.3, -0.25) is 23.7 Å². The van der Waals surface area contributed by atoms with Gasteiger partial charge in [0.2, 0.25) is 5.60 Å². The fraction of sp³-hybridized carbons (Fsp3) is 0.500. The third kappa shape index (κ3) is 6.78. The summed E-state index contributed by atoms with van der Waals surface area (Å²) in [7, 11) is -4.62. The second-order valence-corrected chi connectivity index (χ2v) is 11.6. The van der Waals surface area contributed by atoms with Gasteiger partial charge in [-0.1, -0.05) is 30.5 Å². The van der Waals surface area contributed by atoms with Crippen LogP contribution in [0.3, 0.4) is 0 Å². The predicted molar refractivity (Wildman–Crippen MR) is 141 cm³/mol. The van der Waals surface area contributed by atoms with E-state index in [1.807, 2.05) is 10.9 Å². The van der Waals surface area contributed by atoms with E-state index in [0.29, 0.717) is 17.4 Å². The third-order valence-electron chi connectivity index (χ3n) is 6.78. The highest BCUT2D eigenvalue weighted by Crippen LogP contribution is 2.50. The highest BCUT2D eigenvalue weighted by molar-refractivity contribution is 7.52. The molecule has 1 aliphatic heterocycles. The zero-order valence-corrected chi connectivity index (χ0v) is 23.0. The van der Waals surface area contributed by atoms with Gasteiger partial charge in [0, 0.05) is 12.3 Å². The molecule has 2 aliphatic rings. The minimum atomic E-state index is -4.62. The van der Waals surface area contributed by atoms with Gasteiger partial charge in [-0.15, -0.1) is 6.42 Å². The van der Waals surface area contributed by atoms with Crippen LogP contribution in [0.2, 0.25) is 0 Å². The summed E-state index contributed by atoms with van der Waals surface area (Å²) in [4.78, 5) is 38.4. The first kappa shape index (κ1) is 30.6. The van der Waals surface area contributed by atoms with Crippen LogP contribution in [0.25, 0.3) is 0 Å². The van der Waals surface area contributed by atoms with Gasteiger partial charge in [-0.05, 0) is 44.7 Å². The van der Waals surface area contributed by atoms with E-state index in [-0.39, 0.29) is 11.9 Å². The van der Waals surface area contributed by atoms with Crippen molar-refractivity contribution in [2.24, 2.45) is 0 Å². The maximum absolute atomic E-state index is 16.1. The number of aliphatic hydroxyl groups is 2. The molecule has 15 heteroatoms. The van der Waals surface area contributed by atoms with Gasteiger partial charge in [0.25, 0.3) is 11.4 Å². The predicted octanol–water partition coefficient (Wildman–Crippen LogP) is 1.51. The molecule has 4 N–H and O–H groups in total. The fourth-order valence-corrected chi connectivity index (χ4v) is 6.07. The first-order chi connectivity index (χ1) is 19.4. The molecule has 6 atom stereocenters. The number of carbonyl (C=O) groups excluding carboxylic acids is 1. The second kappa shape index (κ2) is 12.3. The number of H-pyrrole nitrogens is 1. The van der Waals surface area contributed by atoms with E-state index in [9.17, 15) is 29.2 Å². The number of terminal acetylenes is 1. The van der Waals surface area contributed by atoms with Crippen LogP contribution >= 0.6 is 7.75 Å². The zero-order chi connectivity index (χ0) is 29.8. The Morgan fingerprint density at radius 2 is 1.98 bits per heavy atom. The third-order valence-corrected chi connectivity index (χ3v) is 8.41. The number of nitrogens with zero attached hydrogens (tertiary/aromatic N) is 1. The van der Waals surface area contributed by atoms with E-state index in [0.717, 1.165) is 31.5 Å². The molecule has 1 aliphatic carbocycles. The van der Waals surface area contributed by atoms with Crippen molar-refractivity contribution in [2.45, 2.75) is 75.0 Å². The van der Waals surface area contributed by atoms with Crippen molar-refractivity contribution >= 4 is 13.7 Å². The molecule has 1 aromatic carbocycles. The van der Waals surface area contributed by atoms with E-state index in [1.165, 1.54) is 19.1 Å². The monoisotopic (exact) mass is 595 g/mol. The standard InChI is InChI=1S/C26H31FN3O10P/c1-3-25(35)22(33)26(27,39-23(25)30-15-14-20(31)28-24(30)34)16-37-41(36,40-19-12-8-5-9-13-19)29-17(2)21(32)38-18-10-6-4-7-11-18/h1,5,8-9,12-15,17-18,22-23,33,35H,4,6-7,10-11,16H2,2H3,(H,29,36)(H,28,31,34)/t17?,22-,23?,25+,26+,41?/m0/s1. The Morgan fingerprint density at radius 1 is 1.29 bits per heavy atom. The average molecular weight is 596 g/mol. The van der Waals surface area contributed by atoms with Crippen LogP contribution in [-0.2, 0) is 23.4 Å². The van der Waals surface area contributed by atoms with Crippen LogP contribution in [-0.4, -0.2) is 62.0 Å². The summed E-state index contributed by atoms with van der Waals surface area (Å²) >= 11 is 0. The van der Waals surface area contributed by atoms with Gasteiger partial charge >= 0.3 is 19.4 Å². The lowest BCUT2D eigenvalue weighted by Crippen LogP contribution is -2.51. The summed E-state index contributed by atoms with van der Waals surface area (Å²) < 4.78 is 51.9. The molecule has 41 heavy (non-hydrogen) atoms. The fourth-order valence-electron chi connectivity index (χ4n) is 4.57. The normalized spacial score (nSPS) is 28.8. The topological polar surface area (TPSA) is 178 Å². The van der Waals surface area contributed by atoms with Gasteiger partial charge in [-0.25, -0.2) is 13.8 Å². The summed E-state index contributed by atoms with van der Waals surface area (Å²) in [6.07, 6.45) is 5.68. The quantitative estimate of drug-likeness (QED) is 0.178. The van der Waals surface area contributed by atoms with Crippen LogP contribution in [0, 0.1) is 12.3 Å². The van der Waals surface area contributed by atoms with Gasteiger partial charge in [0.05, 0.1) is 0 Å². The minimum absolute atomic E-state index is 0.0368. The van der Waals surface area contributed by atoms with E-state index in [4.69, 9.17) is 24.9 Å². The molecule has 2 aromatic rings. The van der Waals surface area contributed by atoms with Gasteiger partial charge in [-0.2, -0.15) is 5.09 Å². The molecule has 1 saturated carbocycles. The number of carbonyl (C=O) groups is 1. The van der Waals surface area contributed by atoms with Crippen molar-refractivity contribution in [3.05, 3.63) is 63.4 Å². The van der Waals surface area contributed by atoms with Gasteiger partial charge in [0.1, 0.15) is 24.5 Å². The smallest absolute Gasteiger partial charge is 0.459 e. The van der Waals surface area contributed by atoms with Crippen LogP contribution in [0.5, 0.6) is 5.75 Å². The number of aromatic nitrogens is 2. The van der Waals surface area contributed by atoms with Crippen LogP contribution in [0.1, 0.15) is 45.3 Å². The molecule has 13 nitrogen and oxygen atoms in total. The number of aliphatic hydroxyl groups excluding tert-OH is 1. The number of nitrogens with one attached hydrogen (secondary N) is 2. The largest absolute Gasteiger partial charge is 0.461 e. The molecule has 0 amide bonds. The SMILES string of the molecule is C#C[C@]1(O)C(n2ccc(=O)[nH]c2=O)O[C@](F)(COP(=O)(NC(C)C(=O)OC2CCCCC2)Oc2ccccc2)[C@H]1O. The van der Waals surface area contributed by atoms with Crippen LogP contribution in [0.15, 0.2) is 52.2 Å². The molecule has 2 heterocycles. The van der Waals surface area contributed by atoms with Crippen molar-refractivity contribution in [1.82, 2.24) is 14.6 Å². The first-order valence-electron chi connectivity index (χ1n) is 12.9. The highest BCUT2D eigenvalue weighted by atomic mass is 31.2. The minimum Gasteiger partial charge on any atom is -0.461 e. The Kier molecular flexibility index (Phi) is 9.18. The van der Waals surface area contributed by atoms with Gasteiger partial charge in [0.15, 0.2) is 12.3 Å². The van der Waals surface area contributed by atoms with Crippen molar-refractivity contribution in [3.63, 3.8) is 0 Å². The molecular formula is C26H31FN3O10P. The molecule has 222 valence electrons. The van der Waals surface area contributed by atoms with E-state index in [2.05, 4.69) is 5.09 Å². The Morgan fingerprint density at radius 3 is 2.61 bits per heavy atom. The number of benzene rings is 1. The lowest BCUT2D eigenvalue weighted by molar-refractivity contribution is -0.204. The molecule has 2 fully saturated rings. The average Bonchev–Trinajstić information content (AvgIpc) is 3.15. The van der Waals surface area contributed by atoms with Crippen molar-refractivity contribution in [3.8, 4) is 18.1 Å². The number of aromatic amines is 1.